The van der Waals surface area contributed by atoms with Crippen LogP contribution in [0.25, 0.3) is 0 Å². The lowest BCUT2D eigenvalue weighted by molar-refractivity contribution is 0.0722. The van der Waals surface area contributed by atoms with E-state index in [4.69, 9.17) is 10.5 Å². The predicted octanol–water partition coefficient (Wildman–Crippen LogP) is 1.33. The first-order valence-electron chi connectivity index (χ1n) is 4.98. The summed E-state index contributed by atoms with van der Waals surface area (Å²) < 4.78 is 7.50. The van der Waals surface area contributed by atoms with Gasteiger partial charge in [0.1, 0.15) is 0 Å². The molecule has 0 aliphatic rings. The minimum Gasteiger partial charge on any atom is -0.377 e. The number of nitrogens with zero attached hydrogens (tertiary/aromatic N) is 2. The lowest BCUT2D eigenvalue weighted by Crippen LogP contribution is -2.15. The highest BCUT2D eigenvalue weighted by Crippen LogP contribution is 2.08. The van der Waals surface area contributed by atoms with E-state index in [2.05, 4.69) is 4.98 Å². The molecule has 4 heteroatoms. The molecule has 80 valence electrons. The molecule has 0 bridgehead atoms. The van der Waals surface area contributed by atoms with Gasteiger partial charge in [0, 0.05) is 18.8 Å². The van der Waals surface area contributed by atoms with Crippen molar-refractivity contribution in [1.82, 2.24) is 9.55 Å². The summed E-state index contributed by atoms with van der Waals surface area (Å²) in [5.41, 5.74) is 6.84. The third kappa shape index (κ3) is 3.12. The number of rotatable bonds is 5. The Bertz CT molecular complexity index is 268. The highest BCUT2D eigenvalue weighted by atomic mass is 16.5. The number of aromatic nitrogens is 2. The van der Waals surface area contributed by atoms with Crippen molar-refractivity contribution < 1.29 is 4.74 Å². The first kappa shape index (κ1) is 11.2. The van der Waals surface area contributed by atoms with Crippen molar-refractivity contribution in [2.45, 2.75) is 39.5 Å². The molecule has 0 aliphatic carbocycles. The third-order valence-corrected chi connectivity index (χ3v) is 1.99. The molecule has 0 unspecified atom stereocenters. The van der Waals surface area contributed by atoms with Crippen molar-refractivity contribution in [3.05, 3.63) is 18.2 Å². The van der Waals surface area contributed by atoms with Gasteiger partial charge in [-0.05, 0) is 20.8 Å². The summed E-state index contributed by atoms with van der Waals surface area (Å²) in [5, 5.41) is 0. The fourth-order valence-electron chi connectivity index (χ4n) is 1.28. The fraction of sp³-hybridized carbons (Fsp3) is 0.700. The van der Waals surface area contributed by atoms with E-state index < -0.39 is 0 Å². The molecule has 1 rings (SSSR count). The molecule has 14 heavy (non-hydrogen) atoms. The lowest BCUT2D eigenvalue weighted by Gasteiger charge is -2.12. The number of hydrogen-bond acceptors (Lipinski definition) is 3. The maximum absolute atomic E-state index is 5.79. The van der Waals surface area contributed by atoms with E-state index in [0.29, 0.717) is 6.61 Å². The Morgan fingerprint density at radius 2 is 2.21 bits per heavy atom. The maximum atomic E-state index is 5.79. The molecule has 0 saturated heterocycles. The molecule has 4 nitrogen and oxygen atoms in total. The van der Waals surface area contributed by atoms with Crippen molar-refractivity contribution in [3.63, 3.8) is 0 Å². The van der Waals surface area contributed by atoms with Crippen LogP contribution >= 0.6 is 0 Å². The Hall–Kier alpha value is -0.870. The SMILES string of the molecule is CC(C)OCCn1cncc1[C@@H](C)N. The summed E-state index contributed by atoms with van der Waals surface area (Å²) in [4.78, 5) is 4.07. The highest BCUT2D eigenvalue weighted by molar-refractivity contribution is 5.02. The van der Waals surface area contributed by atoms with Gasteiger partial charge in [-0.25, -0.2) is 4.98 Å². The van der Waals surface area contributed by atoms with Crippen LogP contribution in [0.4, 0.5) is 0 Å². The first-order valence-corrected chi connectivity index (χ1v) is 4.98. The van der Waals surface area contributed by atoms with E-state index in [1.165, 1.54) is 0 Å². The molecule has 0 saturated carbocycles. The van der Waals surface area contributed by atoms with Gasteiger partial charge in [-0.15, -0.1) is 0 Å². The van der Waals surface area contributed by atoms with Crippen LogP contribution in [-0.2, 0) is 11.3 Å². The van der Waals surface area contributed by atoms with Gasteiger partial charge in [-0.1, -0.05) is 0 Å². The molecule has 1 heterocycles. The number of imidazole rings is 1. The first-order chi connectivity index (χ1) is 6.61. The zero-order chi connectivity index (χ0) is 10.6. The normalized spacial score (nSPS) is 13.5. The minimum atomic E-state index is 0.0246. The Kier molecular flexibility index (Phi) is 4.10. The quantitative estimate of drug-likeness (QED) is 0.774. The molecular formula is C10H19N3O. The average Bonchev–Trinajstić information content (AvgIpc) is 2.51. The largest absolute Gasteiger partial charge is 0.377 e. The number of hydrogen-bond donors (Lipinski definition) is 1. The zero-order valence-electron chi connectivity index (χ0n) is 9.10. The van der Waals surface area contributed by atoms with Gasteiger partial charge in [-0.3, -0.25) is 0 Å². The van der Waals surface area contributed by atoms with Crippen LogP contribution < -0.4 is 5.73 Å². The predicted molar refractivity (Wildman–Crippen MR) is 55.9 cm³/mol. The van der Waals surface area contributed by atoms with Crippen molar-refractivity contribution >= 4 is 0 Å². The van der Waals surface area contributed by atoms with Gasteiger partial charge in [0.05, 0.1) is 24.7 Å². The molecule has 1 atom stereocenters. The van der Waals surface area contributed by atoms with Crippen molar-refractivity contribution in [1.29, 1.82) is 0 Å². The molecule has 0 spiro atoms. The summed E-state index contributed by atoms with van der Waals surface area (Å²) in [6, 6.07) is 0.0246. The topological polar surface area (TPSA) is 53.1 Å². The molecule has 1 aromatic heterocycles. The van der Waals surface area contributed by atoms with E-state index in [-0.39, 0.29) is 12.1 Å². The third-order valence-electron chi connectivity index (χ3n) is 1.99. The second-order valence-corrected chi connectivity index (χ2v) is 3.72. The van der Waals surface area contributed by atoms with Crippen LogP contribution in [0.1, 0.15) is 32.5 Å². The molecule has 0 aliphatic heterocycles. The van der Waals surface area contributed by atoms with Crippen molar-refractivity contribution in [2.75, 3.05) is 6.61 Å². The van der Waals surface area contributed by atoms with Gasteiger partial charge < -0.3 is 15.0 Å². The summed E-state index contributed by atoms with van der Waals surface area (Å²) in [6.07, 6.45) is 3.87. The van der Waals surface area contributed by atoms with Crippen LogP contribution in [0.2, 0.25) is 0 Å². The monoisotopic (exact) mass is 197 g/mol. The zero-order valence-corrected chi connectivity index (χ0v) is 9.10. The van der Waals surface area contributed by atoms with Crippen LogP contribution in [0, 0.1) is 0 Å². The standard InChI is InChI=1S/C10H19N3O/c1-8(2)14-5-4-13-7-12-6-10(13)9(3)11/h6-9H,4-5,11H2,1-3H3/t9-/m1/s1. The molecule has 0 fully saturated rings. The van der Waals surface area contributed by atoms with Crippen molar-refractivity contribution in [3.8, 4) is 0 Å². The average molecular weight is 197 g/mol. The summed E-state index contributed by atoms with van der Waals surface area (Å²) >= 11 is 0. The fourth-order valence-corrected chi connectivity index (χ4v) is 1.28. The van der Waals surface area contributed by atoms with E-state index in [0.717, 1.165) is 12.2 Å². The highest BCUT2D eigenvalue weighted by Gasteiger charge is 2.06. The second-order valence-electron chi connectivity index (χ2n) is 3.72. The van der Waals surface area contributed by atoms with E-state index >= 15 is 0 Å². The van der Waals surface area contributed by atoms with E-state index in [1.54, 1.807) is 12.5 Å². The van der Waals surface area contributed by atoms with Crippen LogP contribution in [-0.4, -0.2) is 22.3 Å². The van der Waals surface area contributed by atoms with Gasteiger partial charge >= 0.3 is 0 Å². The van der Waals surface area contributed by atoms with Gasteiger partial charge in [0.25, 0.3) is 0 Å². The molecular weight excluding hydrogens is 178 g/mol. The molecule has 2 N–H and O–H groups in total. The lowest BCUT2D eigenvalue weighted by atomic mass is 10.3. The molecule has 0 aromatic carbocycles. The maximum Gasteiger partial charge on any atom is 0.0949 e. The van der Waals surface area contributed by atoms with E-state index in [1.807, 2.05) is 25.3 Å². The van der Waals surface area contributed by atoms with Crippen molar-refractivity contribution in [2.24, 2.45) is 5.73 Å². The van der Waals surface area contributed by atoms with Crippen LogP contribution in [0.5, 0.6) is 0 Å². The molecule has 0 radical (unpaired) electrons. The minimum absolute atomic E-state index is 0.0246. The molecule has 0 amide bonds. The van der Waals surface area contributed by atoms with Gasteiger partial charge in [-0.2, -0.15) is 0 Å². The Balaban J connectivity index is 2.46. The summed E-state index contributed by atoms with van der Waals surface area (Å²) in [6.45, 7) is 7.53. The molecule has 1 aromatic rings. The summed E-state index contributed by atoms with van der Waals surface area (Å²) in [5.74, 6) is 0. The smallest absolute Gasteiger partial charge is 0.0949 e. The second kappa shape index (κ2) is 5.12. The van der Waals surface area contributed by atoms with Gasteiger partial charge in [0.2, 0.25) is 0 Å². The van der Waals surface area contributed by atoms with Gasteiger partial charge in [0.15, 0.2) is 0 Å². The number of nitrogens with two attached hydrogens (primary N) is 1. The van der Waals surface area contributed by atoms with Crippen LogP contribution in [0.3, 0.4) is 0 Å². The Morgan fingerprint density at radius 1 is 1.50 bits per heavy atom. The Labute approximate surface area is 85.1 Å². The van der Waals surface area contributed by atoms with Crippen LogP contribution in [0.15, 0.2) is 12.5 Å². The van der Waals surface area contributed by atoms with E-state index in [9.17, 15) is 0 Å². The Morgan fingerprint density at radius 3 is 2.79 bits per heavy atom. The summed E-state index contributed by atoms with van der Waals surface area (Å²) in [7, 11) is 0. The number of ether oxygens (including phenoxy) is 1.